The van der Waals surface area contributed by atoms with Crippen LogP contribution < -0.4 is 5.32 Å². The number of hydrogen-bond donors (Lipinski definition) is 1. The van der Waals surface area contributed by atoms with E-state index in [1.165, 1.54) is 0 Å². The van der Waals surface area contributed by atoms with E-state index in [1.54, 1.807) is 11.3 Å². The smallest absolute Gasteiger partial charge is 0.309 e. The highest BCUT2D eigenvalue weighted by atomic mass is 32.1. The summed E-state index contributed by atoms with van der Waals surface area (Å²) in [5, 5.41) is 4.68. The van der Waals surface area contributed by atoms with Gasteiger partial charge in [-0.05, 0) is 37.1 Å². The number of esters is 1. The molecule has 0 unspecified atom stereocenters. The van der Waals surface area contributed by atoms with Crippen LogP contribution in [0.2, 0.25) is 0 Å². The van der Waals surface area contributed by atoms with Crippen molar-refractivity contribution >= 4 is 29.0 Å². The lowest BCUT2D eigenvalue weighted by atomic mass is 9.67. The topological polar surface area (TPSA) is 72.5 Å². The third-order valence-corrected chi connectivity index (χ3v) is 5.64. The maximum Gasteiger partial charge on any atom is 0.309 e. The van der Waals surface area contributed by atoms with Crippen molar-refractivity contribution in [2.45, 2.75) is 38.6 Å². The van der Waals surface area contributed by atoms with Crippen LogP contribution in [0.1, 0.15) is 37.0 Å². The van der Waals surface area contributed by atoms with Crippen molar-refractivity contribution in [1.29, 1.82) is 0 Å². The summed E-state index contributed by atoms with van der Waals surface area (Å²) < 4.78 is 5.15. The molecule has 0 radical (unpaired) electrons. The number of Topliss-reactive ketones (excluding diaryl/α,β-unsaturated/α-hetero) is 1. The summed E-state index contributed by atoms with van der Waals surface area (Å²) in [6.07, 6.45) is 4.03. The minimum absolute atomic E-state index is 0.0210. The second-order valence-electron chi connectivity index (χ2n) is 6.36. The van der Waals surface area contributed by atoms with Crippen LogP contribution in [0.4, 0.5) is 0 Å². The normalized spacial score (nSPS) is 26.6. The monoisotopic (exact) mass is 335 g/mol. The van der Waals surface area contributed by atoms with E-state index in [1.807, 2.05) is 17.5 Å². The number of carbonyl (C=O) groups excluding carboxylic acids is 3. The largest absolute Gasteiger partial charge is 0.455 e. The summed E-state index contributed by atoms with van der Waals surface area (Å²) in [6, 6.07) is 3.86. The number of hydrogen-bond acceptors (Lipinski definition) is 5. The molecule has 2 aliphatic carbocycles. The van der Waals surface area contributed by atoms with Gasteiger partial charge < -0.3 is 10.1 Å². The zero-order chi connectivity index (χ0) is 16.2. The highest BCUT2D eigenvalue weighted by Gasteiger charge is 2.41. The molecule has 1 amide bonds. The van der Waals surface area contributed by atoms with E-state index >= 15 is 0 Å². The maximum atomic E-state index is 12.2. The van der Waals surface area contributed by atoms with Crippen molar-refractivity contribution in [3.05, 3.63) is 22.4 Å². The fraction of sp³-hybridized carbons (Fsp3) is 0.588. The van der Waals surface area contributed by atoms with Gasteiger partial charge in [0.15, 0.2) is 6.61 Å². The van der Waals surface area contributed by atoms with Crippen molar-refractivity contribution in [3.8, 4) is 0 Å². The van der Waals surface area contributed by atoms with E-state index in [9.17, 15) is 14.4 Å². The minimum Gasteiger partial charge on any atom is -0.455 e. The fourth-order valence-corrected chi connectivity index (χ4v) is 4.22. The Labute approximate surface area is 139 Å². The third-order valence-electron chi connectivity index (χ3n) is 4.77. The summed E-state index contributed by atoms with van der Waals surface area (Å²) in [5.41, 5.74) is 0. The Morgan fingerprint density at radius 3 is 2.65 bits per heavy atom. The molecule has 124 valence electrons. The second kappa shape index (κ2) is 7.25. The summed E-state index contributed by atoms with van der Waals surface area (Å²) in [7, 11) is 0. The lowest BCUT2D eigenvalue weighted by Gasteiger charge is -2.36. The van der Waals surface area contributed by atoms with Crippen molar-refractivity contribution in [3.63, 3.8) is 0 Å². The summed E-state index contributed by atoms with van der Waals surface area (Å²) in [6.45, 7) is 0.208. The number of thiophene rings is 1. The molecule has 23 heavy (non-hydrogen) atoms. The molecule has 5 nitrogen and oxygen atoms in total. The van der Waals surface area contributed by atoms with Crippen molar-refractivity contribution in [2.24, 2.45) is 17.8 Å². The molecule has 1 N–H and O–H groups in total. The van der Waals surface area contributed by atoms with Gasteiger partial charge >= 0.3 is 5.97 Å². The number of ether oxygens (including phenoxy) is 1. The Bertz CT molecular complexity index is 567. The van der Waals surface area contributed by atoms with E-state index in [2.05, 4.69) is 5.32 Å². The minimum atomic E-state index is -0.333. The van der Waals surface area contributed by atoms with Crippen LogP contribution in [0.5, 0.6) is 0 Å². The van der Waals surface area contributed by atoms with E-state index in [4.69, 9.17) is 4.74 Å². The Balaban J connectivity index is 1.42. The molecular formula is C17H21NO4S. The maximum absolute atomic E-state index is 12.2. The van der Waals surface area contributed by atoms with Crippen LogP contribution in [0.15, 0.2) is 17.5 Å². The van der Waals surface area contributed by atoms with E-state index in [-0.39, 0.29) is 36.2 Å². The number of amides is 1. The Morgan fingerprint density at radius 1 is 1.26 bits per heavy atom. The molecule has 0 spiro atoms. The van der Waals surface area contributed by atoms with Gasteiger partial charge in [0.1, 0.15) is 5.78 Å². The van der Waals surface area contributed by atoms with Crippen LogP contribution >= 0.6 is 11.3 Å². The molecule has 1 aromatic heterocycles. The van der Waals surface area contributed by atoms with Gasteiger partial charge in [-0.3, -0.25) is 14.4 Å². The lowest BCUT2D eigenvalue weighted by Crippen LogP contribution is -2.40. The molecule has 0 aromatic carbocycles. The number of ketones is 1. The van der Waals surface area contributed by atoms with E-state index in [0.717, 1.165) is 24.1 Å². The van der Waals surface area contributed by atoms with Gasteiger partial charge in [-0.2, -0.15) is 0 Å². The Hall–Kier alpha value is -1.69. The molecule has 0 aliphatic heterocycles. The molecule has 2 aliphatic rings. The van der Waals surface area contributed by atoms with E-state index in [0.29, 0.717) is 25.2 Å². The highest BCUT2D eigenvalue weighted by Crippen LogP contribution is 2.40. The van der Waals surface area contributed by atoms with Gasteiger partial charge in [0, 0.05) is 16.7 Å². The molecule has 6 heteroatoms. The second-order valence-corrected chi connectivity index (χ2v) is 7.39. The highest BCUT2D eigenvalue weighted by molar-refractivity contribution is 7.09. The van der Waals surface area contributed by atoms with Gasteiger partial charge in [0.2, 0.25) is 0 Å². The molecule has 2 saturated carbocycles. The quantitative estimate of drug-likeness (QED) is 0.838. The molecule has 1 heterocycles. The van der Waals surface area contributed by atoms with Gasteiger partial charge in [-0.1, -0.05) is 12.5 Å². The van der Waals surface area contributed by atoms with Crippen LogP contribution in [0.3, 0.4) is 0 Å². The number of carbonyl (C=O) groups is 3. The lowest BCUT2D eigenvalue weighted by molar-refractivity contribution is -0.156. The Morgan fingerprint density at radius 2 is 2.00 bits per heavy atom. The number of rotatable bonds is 5. The number of fused-ring (bicyclic) bond motifs is 2. The first-order chi connectivity index (χ1) is 11.1. The average molecular weight is 335 g/mol. The first kappa shape index (κ1) is 16.2. The standard InChI is InChI=1S/C17H21NO4S/c19-15(18-9-14-5-2-6-23-14)10-22-17(21)13-7-11-3-1-4-12(8-13)16(11)20/h2,5-6,11-13H,1,3-4,7-10H2,(H,18,19)/t11-,12-/m0/s1. The SMILES string of the molecule is O=C(COC(=O)C1C[C@@H]2CCC[C@@H](C1)C2=O)NCc1cccs1. The zero-order valence-electron chi connectivity index (χ0n) is 13.0. The predicted molar refractivity (Wildman–Crippen MR) is 85.7 cm³/mol. The summed E-state index contributed by atoms with van der Waals surface area (Å²) >= 11 is 1.57. The molecule has 3 rings (SSSR count). The van der Waals surface area contributed by atoms with E-state index < -0.39 is 0 Å². The molecule has 2 fully saturated rings. The van der Waals surface area contributed by atoms with Crippen molar-refractivity contribution in [2.75, 3.05) is 6.61 Å². The van der Waals surface area contributed by atoms with Gasteiger partial charge in [0.25, 0.3) is 5.91 Å². The first-order valence-corrected chi connectivity index (χ1v) is 9.01. The van der Waals surface area contributed by atoms with Crippen molar-refractivity contribution < 1.29 is 19.1 Å². The first-order valence-electron chi connectivity index (χ1n) is 8.13. The molecule has 0 saturated heterocycles. The van der Waals surface area contributed by atoms with Crippen LogP contribution in [0.25, 0.3) is 0 Å². The third kappa shape index (κ3) is 3.99. The van der Waals surface area contributed by atoms with Crippen LogP contribution in [-0.4, -0.2) is 24.3 Å². The van der Waals surface area contributed by atoms with Crippen LogP contribution in [0, 0.1) is 17.8 Å². The summed E-state index contributed by atoms with van der Waals surface area (Å²) in [4.78, 5) is 37.0. The number of nitrogens with one attached hydrogen (secondary N) is 1. The van der Waals surface area contributed by atoms with Crippen LogP contribution in [-0.2, 0) is 25.7 Å². The molecule has 2 atom stereocenters. The molecule has 1 aromatic rings. The zero-order valence-corrected chi connectivity index (χ0v) is 13.8. The van der Waals surface area contributed by atoms with Crippen molar-refractivity contribution in [1.82, 2.24) is 5.32 Å². The van der Waals surface area contributed by atoms with Gasteiger partial charge in [0.05, 0.1) is 12.5 Å². The molecular weight excluding hydrogens is 314 g/mol. The van der Waals surface area contributed by atoms with Gasteiger partial charge in [-0.25, -0.2) is 0 Å². The average Bonchev–Trinajstić information content (AvgIpc) is 3.03. The fourth-order valence-electron chi connectivity index (χ4n) is 3.58. The predicted octanol–water partition coefficient (Wildman–Crippen LogP) is 2.30. The molecule has 2 bridgehead atoms. The van der Waals surface area contributed by atoms with Gasteiger partial charge in [-0.15, -0.1) is 11.3 Å². The summed E-state index contributed by atoms with van der Waals surface area (Å²) in [5.74, 6) is -0.484. The Kier molecular flexibility index (Phi) is 5.10.